The molecule has 2 unspecified atom stereocenters. The van der Waals surface area contributed by atoms with Crippen LogP contribution in [0.5, 0.6) is 0 Å². The molecule has 0 aromatic heterocycles. The van der Waals surface area contributed by atoms with E-state index in [1.165, 1.54) is 44.9 Å². The Kier molecular flexibility index (Phi) is 1.94. The number of aliphatic hydroxyl groups excluding tert-OH is 1. The largest absolute Gasteiger partial charge is 0.391 e. The first-order valence-corrected chi connectivity index (χ1v) is 6.09. The standard InChI is InChI=1S/C12H20O2/c13-10-8-12(14-9-10)7-6-11(12)4-2-1-3-5-11/h10,13H,1-9H2. The van der Waals surface area contributed by atoms with Crippen LogP contribution in [0.3, 0.4) is 0 Å². The van der Waals surface area contributed by atoms with Crippen LogP contribution in [0.4, 0.5) is 0 Å². The minimum atomic E-state index is -0.186. The van der Waals surface area contributed by atoms with Gasteiger partial charge in [0.15, 0.2) is 0 Å². The lowest BCUT2D eigenvalue weighted by Gasteiger charge is -2.59. The van der Waals surface area contributed by atoms with Crippen LogP contribution in [0.1, 0.15) is 51.4 Å². The van der Waals surface area contributed by atoms with Gasteiger partial charge < -0.3 is 9.84 Å². The summed E-state index contributed by atoms with van der Waals surface area (Å²) in [6.07, 6.45) is 10.1. The maximum Gasteiger partial charge on any atom is 0.0801 e. The second-order valence-electron chi connectivity index (χ2n) is 5.50. The van der Waals surface area contributed by atoms with E-state index in [2.05, 4.69) is 0 Å². The molecule has 3 rings (SSSR count). The maximum absolute atomic E-state index is 9.62. The highest BCUT2D eigenvalue weighted by Gasteiger charge is 2.62. The molecular formula is C12H20O2. The zero-order chi connectivity index (χ0) is 9.65. The Morgan fingerprint density at radius 1 is 1.00 bits per heavy atom. The number of ether oxygens (including phenoxy) is 1. The number of hydrogen-bond donors (Lipinski definition) is 1. The summed E-state index contributed by atoms with van der Waals surface area (Å²) in [6.45, 7) is 0.585. The predicted octanol–water partition coefficient (Wildman–Crippen LogP) is 2.25. The van der Waals surface area contributed by atoms with Crippen molar-refractivity contribution in [2.45, 2.75) is 63.1 Å². The fraction of sp³-hybridized carbons (Fsp3) is 1.00. The molecule has 2 atom stereocenters. The summed E-state index contributed by atoms with van der Waals surface area (Å²) >= 11 is 0. The summed E-state index contributed by atoms with van der Waals surface area (Å²) in [7, 11) is 0. The molecule has 0 amide bonds. The van der Waals surface area contributed by atoms with Crippen molar-refractivity contribution in [3.05, 3.63) is 0 Å². The van der Waals surface area contributed by atoms with E-state index < -0.39 is 0 Å². The monoisotopic (exact) mass is 196 g/mol. The molecule has 0 bridgehead atoms. The molecule has 0 aromatic rings. The van der Waals surface area contributed by atoms with Crippen LogP contribution in [0.2, 0.25) is 0 Å². The Morgan fingerprint density at radius 3 is 2.29 bits per heavy atom. The van der Waals surface area contributed by atoms with Gasteiger partial charge in [0, 0.05) is 6.42 Å². The average molecular weight is 196 g/mol. The van der Waals surface area contributed by atoms with Crippen LogP contribution in [-0.2, 0) is 4.74 Å². The van der Waals surface area contributed by atoms with Crippen molar-refractivity contribution in [2.75, 3.05) is 6.61 Å². The van der Waals surface area contributed by atoms with Gasteiger partial charge in [0.05, 0.1) is 18.3 Å². The molecule has 80 valence electrons. The summed E-state index contributed by atoms with van der Waals surface area (Å²) < 4.78 is 5.93. The van der Waals surface area contributed by atoms with Gasteiger partial charge in [0.2, 0.25) is 0 Å². The highest BCUT2D eigenvalue weighted by Crippen LogP contribution is 2.63. The van der Waals surface area contributed by atoms with Gasteiger partial charge in [-0.3, -0.25) is 0 Å². The molecule has 0 aromatic carbocycles. The van der Waals surface area contributed by atoms with Gasteiger partial charge >= 0.3 is 0 Å². The quantitative estimate of drug-likeness (QED) is 0.644. The number of fused-ring (bicyclic) bond motifs is 1. The first kappa shape index (κ1) is 9.17. The zero-order valence-electron chi connectivity index (χ0n) is 8.80. The van der Waals surface area contributed by atoms with E-state index in [1.54, 1.807) is 0 Å². The smallest absolute Gasteiger partial charge is 0.0801 e. The fourth-order valence-corrected chi connectivity index (χ4v) is 3.99. The van der Waals surface area contributed by atoms with E-state index in [1.807, 2.05) is 0 Å². The molecule has 0 radical (unpaired) electrons. The minimum Gasteiger partial charge on any atom is -0.391 e. The molecule has 1 aliphatic heterocycles. The lowest BCUT2D eigenvalue weighted by atomic mass is 9.50. The number of rotatable bonds is 0. The highest BCUT2D eigenvalue weighted by molar-refractivity contribution is 5.12. The summed E-state index contributed by atoms with van der Waals surface area (Å²) in [6, 6.07) is 0. The van der Waals surface area contributed by atoms with Crippen LogP contribution < -0.4 is 0 Å². The first-order valence-electron chi connectivity index (χ1n) is 6.09. The molecule has 2 heteroatoms. The molecule has 2 aliphatic carbocycles. The zero-order valence-corrected chi connectivity index (χ0v) is 8.80. The van der Waals surface area contributed by atoms with Crippen molar-refractivity contribution in [1.29, 1.82) is 0 Å². The SMILES string of the molecule is OC1COC2(CCC23CCCCC3)C1. The topological polar surface area (TPSA) is 29.5 Å². The molecule has 3 fully saturated rings. The summed E-state index contributed by atoms with van der Waals surface area (Å²) in [5.41, 5.74) is 0.579. The molecule has 2 spiro atoms. The second kappa shape index (κ2) is 2.96. The van der Waals surface area contributed by atoms with E-state index in [-0.39, 0.29) is 11.7 Å². The summed E-state index contributed by atoms with van der Waals surface area (Å²) in [5, 5.41) is 9.62. The summed E-state index contributed by atoms with van der Waals surface area (Å²) in [5.74, 6) is 0. The van der Waals surface area contributed by atoms with Crippen LogP contribution in [-0.4, -0.2) is 23.4 Å². The van der Waals surface area contributed by atoms with Crippen LogP contribution in [0.15, 0.2) is 0 Å². The van der Waals surface area contributed by atoms with Crippen LogP contribution in [0.25, 0.3) is 0 Å². The van der Waals surface area contributed by atoms with E-state index in [4.69, 9.17) is 4.74 Å². The van der Waals surface area contributed by atoms with Gasteiger partial charge in [0.1, 0.15) is 0 Å². The molecule has 2 saturated carbocycles. The van der Waals surface area contributed by atoms with Gasteiger partial charge in [-0.25, -0.2) is 0 Å². The van der Waals surface area contributed by atoms with Crippen molar-refractivity contribution >= 4 is 0 Å². The molecule has 1 saturated heterocycles. The van der Waals surface area contributed by atoms with Gasteiger partial charge in [-0.15, -0.1) is 0 Å². The summed E-state index contributed by atoms with van der Waals surface area (Å²) in [4.78, 5) is 0. The Morgan fingerprint density at radius 2 is 1.79 bits per heavy atom. The average Bonchev–Trinajstić information content (AvgIpc) is 2.63. The van der Waals surface area contributed by atoms with Crippen molar-refractivity contribution in [3.63, 3.8) is 0 Å². The van der Waals surface area contributed by atoms with Gasteiger partial charge in [-0.05, 0) is 31.1 Å². The third kappa shape index (κ3) is 1.04. The van der Waals surface area contributed by atoms with Crippen molar-refractivity contribution < 1.29 is 9.84 Å². The minimum absolute atomic E-state index is 0.104. The Balaban J connectivity index is 1.80. The van der Waals surface area contributed by atoms with E-state index in [0.717, 1.165) is 6.42 Å². The molecule has 14 heavy (non-hydrogen) atoms. The third-order valence-electron chi connectivity index (χ3n) is 4.90. The predicted molar refractivity (Wildman–Crippen MR) is 54.1 cm³/mol. The van der Waals surface area contributed by atoms with Crippen LogP contribution in [0, 0.1) is 5.41 Å². The molecule has 2 nitrogen and oxygen atoms in total. The second-order valence-corrected chi connectivity index (χ2v) is 5.50. The van der Waals surface area contributed by atoms with Gasteiger partial charge in [0.25, 0.3) is 0 Å². The maximum atomic E-state index is 9.62. The van der Waals surface area contributed by atoms with E-state index in [9.17, 15) is 5.11 Å². The first-order chi connectivity index (χ1) is 6.77. The fourth-order valence-electron chi connectivity index (χ4n) is 3.99. The van der Waals surface area contributed by atoms with Crippen molar-refractivity contribution in [1.82, 2.24) is 0 Å². The Labute approximate surface area is 85.6 Å². The molecule has 1 heterocycles. The normalized spacial score (nSPS) is 45.6. The van der Waals surface area contributed by atoms with E-state index in [0.29, 0.717) is 12.0 Å². The lowest BCUT2D eigenvalue weighted by Crippen LogP contribution is -2.57. The van der Waals surface area contributed by atoms with E-state index >= 15 is 0 Å². The van der Waals surface area contributed by atoms with Crippen LogP contribution >= 0.6 is 0 Å². The third-order valence-corrected chi connectivity index (χ3v) is 4.90. The number of aliphatic hydroxyl groups is 1. The highest BCUT2D eigenvalue weighted by atomic mass is 16.5. The number of hydrogen-bond acceptors (Lipinski definition) is 2. The molecule has 3 aliphatic rings. The Bertz CT molecular complexity index is 223. The lowest BCUT2D eigenvalue weighted by molar-refractivity contribution is -0.190. The molecule has 1 N–H and O–H groups in total. The van der Waals surface area contributed by atoms with Crippen molar-refractivity contribution in [2.24, 2.45) is 5.41 Å². The Hall–Kier alpha value is -0.0800. The van der Waals surface area contributed by atoms with Gasteiger partial charge in [-0.2, -0.15) is 0 Å². The molecular weight excluding hydrogens is 176 g/mol. The van der Waals surface area contributed by atoms with Crippen molar-refractivity contribution in [3.8, 4) is 0 Å². The van der Waals surface area contributed by atoms with Gasteiger partial charge in [-0.1, -0.05) is 19.3 Å².